The molecule has 0 spiro atoms. The largest absolute Gasteiger partial charge is 0.330 e. The molecule has 0 fully saturated rings. The maximum Gasteiger partial charge on any atom is 0.294 e. The summed E-state index contributed by atoms with van der Waals surface area (Å²) in [6.45, 7) is 1.30. The molecule has 2 aromatic rings. The van der Waals surface area contributed by atoms with Crippen LogP contribution in [0.2, 0.25) is 0 Å². The highest BCUT2D eigenvalue weighted by Gasteiger charge is 2.14. The lowest BCUT2D eigenvalue weighted by Crippen LogP contribution is -1.91. The Hall–Kier alpha value is -2.04. The summed E-state index contributed by atoms with van der Waals surface area (Å²) in [5.41, 5.74) is 0.216. The van der Waals surface area contributed by atoms with Gasteiger partial charge in [-0.15, -0.1) is 0 Å². The van der Waals surface area contributed by atoms with Crippen molar-refractivity contribution in [2.45, 2.75) is 6.92 Å². The van der Waals surface area contributed by atoms with Gasteiger partial charge in [-0.05, 0) is 12.1 Å². The van der Waals surface area contributed by atoms with Crippen molar-refractivity contribution in [3.63, 3.8) is 0 Å². The van der Waals surface area contributed by atoms with Crippen LogP contribution in [0.15, 0.2) is 28.8 Å². The summed E-state index contributed by atoms with van der Waals surface area (Å²) < 4.78 is 17.9. The van der Waals surface area contributed by atoms with E-state index in [-0.39, 0.29) is 23.1 Å². The van der Waals surface area contributed by atoms with Crippen molar-refractivity contribution in [1.29, 1.82) is 0 Å². The van der Waals surface area contributed by atoms with Gasteiger partial charge < -0.3 is 4.52 Å². The Kier molecular flexibility index (Phi) is 2.29. The molecule has 0 atom stereocenters. The highest BCUT2D eigenvalue weighted by molar-refractivity contribution is 5.89. The van der Waals surface area contributed by atoms with Crippen LogP contribution in [-0.2, 0) is 0 Å². The predicted molar refractivity (Wildman–Crippen MR) is 49.7 cm³/mol. The van der Waals surface area contributed by atoms with E-state index < -0.39 is 5.82 Å². The first-order chi connectivity index (χ1) is 7.18. The summed E-state index contributed by atoms with van der Waals surface area (Å²) >= 11 is 0. The number of carbonyl (C=O) groups is 1. The monoisotopic (exact) mass is 206 g/mol. The number of rotatable bonds is 2. The summed E-state index contributed by atoms with van der Waals surface area (Å²) in [6, 6.07) is 6.02. The van der Waals surface area contributed by atoms with E-state index in [1.54, 1.807) is 12.1 Å². The Morgan fingerprint density at radius 3 is 2.73 bits per heavy atom. The zero-order valence-electron chi connectivity index (χ0n) is 7.90. The second-order valence-corrected chi connectivity index (χ2v) is 2.96. The van der Waals surface area contributed by atoms with Crippen LogP contribution in [0.1, 0.15) is 17.6 Å². The van der Waals surface area contributed by atoms with Crippen molar-refractivity contribution >= 4 is 5.78 Å². The molecule has 4 nitrogen and oxygen atoms in total. The van der Waals surface area contributed by atoms with Crippen LogP contribution in [-0.4, -0.2) is 15.9 Å². The average Bonchev–Trinajstić information content (AvgIpc) is 2.67. The van der Waals surface area contributed by atoms with Gasteiger partial charge in [0.05, 0.1) is 5.56 Å². The van der Waals surface area contributed by atoms with E-state index in [0.29, 0.717) is 0 Å². The van der Waals surface area contributed by atoms with Crippen molar-refractivity contribution in [3.8, 4) is 11.4 Å². The van der Waals surface area contributed by atoms with Crippen molar-refractivity contribution in [2.75, 3.05) is 0 Å². The van der Waals surface area contributed by atoms with Crippen LogP contribution in [0.25, 0.3) is 11.4 Å². The Morgan fingerprint density at radius 2 is 2.13 bits per heavy atom. The van der Waals surface area contributed by atoms with Crippen molar-refractivity contribution in [1.82, 2.24) is 10.1 Å². The Morgan fingerprint density at radius 1 is 1.40 bits per heavy atom. The topological polar surface area (TPSA) is 56.0 Å². The molecule has 0 aliphatic rings. The quantitative estimate of drug-likeness (QED) is 0.706. The zero-order valence-corrected chi connectivity index (χ0v) is 7.90. The Labute approximate surface area is 84.7 Å². The van der Waals surface area contributed by atoms with E-state index in [0.717, 1.165) is 0 Å². The molecule has 76 valence electrons. The molecule has 1 aromatic heterocycles. The van der Waals surface area contributed by atoms with Crippen molar-refractivity contribution in [2.24, 2.45) is 0 Å². The molecular formula is C10H7FN2O2. The van der Waals surface area contributed by atoms with E-state index >= 15 is 0 Å². The van der Waals surface area contributed by atoms with Gasteiger partial charge in [0.25, 0.3) is 5.89 Å². The first-order valence-corrected chi connectivity index (χ1v) is 4.28. The minimum Gasteiger partial charge on any atom is -0.330 e. The third-order valence-corrected chi connectivity index (χ3v) is 1.84. The zero-order chi connectivity index (χ0) is 10.8. The maximum atomic E-state index is 13.3. The van der Waals surface area contributed by atoms with Gasteiger partial charge in [0.2, 0.25) is 11.6 Å². The third-order valence-electron chi connectivity index (χ3n) is 1.84. The number of hydrogen-bond acceptors (Lipinski definition) is 4. The van der Waals surface area contributed by atoms with E-state index in [9.17, 15) is 9.18 Å². The molecule has 1 heterocycles. The van der Waals surface area contributed by atoms with Gasteiger partial charge >= 0.3 is 0 Å². The number of halogens is 1. The van der Waals surface area contributed by atoms with Crippen LogP contribution < -0.4 is 0 Å². The molecule has 0 aliphatic carbocycles. The van der Waals surface area contributed by atoms with Gasteiger partial charge in [0, 0.05) is 6.92 Å². The summed E-state index contributed by atoms with van der Waals surface area (Å²) in [4.78, 5) is 14.7. The summed E-state index contributed by atoms with van der Waals surface area (Å²) in [5, 5.41) is 3.52. The second-order valence-electron chi connectivity index (χ2n) is 2.96. The molecular weight excluding hydrogens is 199 g/mol. The Balaban J connectivity index is 2.46. The maximum absolute atomic E-state index is 13.3. The fourth-order valence-electron chi connectivity index (χ4n) is 1.12. The van der Waals surface area contributed by atoms with E-state index in [2.05, 4.69) is 14.7 Å². The highest BCUT2D eigenvalue weighted by Crippen LogP contribution is 2.18. The molecule has 0 aliphatic heterocycles. The van der Waals surface area contributed by atoms with Gasteiger partial charge in [-0.3, -0.25) is 4.79 Å². The molecule has 0 N–H and O–H groups in total. The molecule has 0 saturated heterocycles. The first-order valence-electron chi connectivity index (χ1n) is 4.28. The van der Waals surface area contributed by atoms with Crippen LogP contribution >= 0.6 is 0 Å². The van der Waals surface area contributed by atoms with Gasteiger partial charge in [-0.25, -0.2) is 4.39 Å². The molecule has 5 heteroatoms. The SMILES string of the molecule is CC(=O)c1nc(-c2ccccc2F)no1. The number of benzene rings is 1. The molecule has 0 radical (unpaired) electrons. The number of aromatic nitrogens is 2. The summed E-state index contributed by atoms with van der Waals surface area (Å²) in [5.74, 6) is -0.829. The molecule has 15 heavy (non-hydrogen) atoms. The minimum atomic E-state index is -0.451. The van der Waals surface area contributed by atoms with Crippen LogP contribution in [0.4, 0.5) is 4.39 Å². The van der Waals surface area contributed by atoms with Crippen molar-refractivity contribution < 1.29 is 13.7 Å². The van der Waals surface area contributed by atoms with Gasteiger partial charge in [-0.2, -0.15) is 4.98 Å². The van der Waals surface area contributed by atoms with E-state index in [4.69, 9.17) is 0 Å². The second kappa shape index (κ2) is 3.61. The fourth-order valence-corrected chi connectivity index (χ4v) is 1.12. The summed E-state index contributed by atoms with van der Waals surface area (Å²) in [6.07, 6.45) is 0. The standard InChI is InChI=1S/C10H7FN2O2/c1-6(14)10-12-9(13-15-10)7-4-2-3-5-8(7)11/h2-5H,1H3. The van der Waals surface area contributed by atoms with Crippen LogP contribution in [0, 0.1) is 5.82 Å². The molecule has 0 unspecified atom stereocenters. The lowest BCUT2D eigenvalue weighted by Gasteiger charge is -1.94. The highest BCUT2D eigenvalue weighted by atomic mass is 19.1. The fraction of sp³-hybridized carbons (Fsp3) is 0.100. The number of carbonyl (C=O) groups excluding carboxylic acids is 1. The smallest absolute Gasteiger partial charge is 0.294 e. The average molecular weight is 206 g/mol. The molecule has 0 amide bonds. The van der Waals surface area contributed by atoms with Gasteiger partial charge in [0.1, 0.15) is 5.82 Å². The van der Waals surface area contributed by atoms with Crippen LogP contribution in [0.5, 0.6) is 0 Å². The summed E-state index contributed by atoms with van der Waals surface area (Å²) in [7, 11) is 0. The first kappa shape index (κ1) is 9.51. The van der Waals surface area contributed by atoms with Gasteiger partial charge in [-0.1, -0.05) is 17.3 Å². The van der Waals surface area contributed by atoms with E-state index in [1.165, 1.54) is 19.1 Å². The molecule has 1 aromatic carbocycles. The third kappa shape index (κ3) is 1.76. The number of ketones is 1. The predicted octanol–water partition coefficient (Wildman–Crippen LogP) is 2.08. The molecule has 0 saturated carbocycles. The van der Waals surface area contributed by atoms with E-state index in [1.807, 2.05) is 0 Å². The molecule has 0 bridgehead atoms. The molecule has 2 rings (SSSR count). The van der Waals surface area contributed by atoms with Crippen molar-refractivity contribution in [3.05, 3.63) is 36.0 Å². The van der Waals surface area contributed by atoms with Gasteiger partial charge in [0.15, 0.2) is 0 Å². The normalized spacial score (nSPS) is 10.3. The van der Waals surface area contributed by atoms with Crippen LogP contribution in [0.3, 0.4) is 0 Å². The number of hydrogen-bond donors (Lipinski definition) is 0. The number of nitrogens with zero attached hydrogens (tertiary/aromatic N) is 2. The minimum absolute atomic E-state index is 0.0818. The lowest BCUT2D eigenvalue weighted by molar-refractivity contribution is 0.0972. The Bertz CT molecular complexity index is 508. The lowest BCUT2D eigenvalue weighted by atomic mass is 10.2. The number of Topliss-reactive ketones (excluding diaryl/α,β-unsaturated/α-hetero) is 1.